The molecule has 9 heteroatoms. The van der Waals surface area contributed by atoms with Crippen molar-refractivity contribution in [2.45, 2.75) is 25.3 Å². The van der Waals surface area contributed by atoms with Gasteiger partial charge >= 0.3 is 0 Å². The fraction of sp³-hybridized carbons (Fsp3) is 0.394. The number of anilines is 1. The molecule has 3 aliphatic heterocycles. The maximum Gasteiger partial charge on any atom is 0.256 e. The Bertz CT molecular complexity index is 1710. The van der Waals surface area contributed by atoms with Crippen LogP contribution in [0.25, 0.3) is 27.4 Å². The number of nitrogens with one attached hydrogen (secondary N) is 2. The first-order valence-electron chi connectivity index (χ1n) is 15.0. The van der Waals surface area contributed by atoms with E-state index >= 15 is 0 Å². The highest BCUT2D eigenvalue weighted by Crippen LogP contribution is 2.45. The number of benzene rings is 3. The number of likely N-dealkylation sites (tertiary alicyclic amines) is 1. The number of hydrogen-bond donors (Lipinski definition) is 2. The number of nitrogens with zero attached hydrogens (tertiary/aromatic N) is 3. The van der Waals surface area contributed by atoms with Gasteiger partial charge in [0.05, 0.1) is 30.0 Å². The third kappa shape index (κ3) is 5.02. The summed E-state index contributed by atoms with van der Waals surface area (Å²) >= 11 is 0. The summed E-state index contributed by atoms with van der Waals surface area (Å²) in [5, 5.41) is 9.15. The van der Waals surface area contributed by atoms with Crippen LogP contribution >= 0.6 is 0 Å². The van der Waals surface area contributed by atoms with Crippen LogP contribution in [-0.2, 0) is 4.74 Å². The molecule has 9 nitrogen and oxygen atoms in total. The van der Waals surface area contributed by atoms with Crippen LogP contribution in [0, 0.1) is 0 Å². The van der Waals surface area contributed by atoms with Crippen LogP contribution in [-0.4, -0.2) is 85.8 Å². The number of amides is 1. The molecule has 3 aliphatic rings. The minimum Gasteiger partial charge on any atom is -0.451 e. The summed E-state index contributed by atoms with van der Waals surface area (Å²) in [6, 6.07) is 16.5. The monoisotopic (exact) mass is 567 g/mol. The fourth-order valence-electron chi connectivity index (χ4n) is 6.54. The maximum atomic E-state index is 13.8. The number of rotatable bonds is 8. The lowest BCUT2D eigenvalue weighted by atomic mass is 10.0. The second-order valence-corrected chi connectivity index (χ2v) is 11.6. The van der Waals surface area contributed by atoms with E-state index in [9.17, 15) is 9.59 Å². The molecule has 2 fully saturated rings. The molecule has 7 rings (SSSR count). The van der Waals surface area contributed by atoms with E-state index in [1.807, 2.05) is 34.9 Å². The Balaban J connectivity index is 1.25. The summed E-state index contributed by atoms with van der Waals surface area (Å²) in [4.78, 5) is 31.8. The molecule has 4 heterocycles. The predicted molar refractivity (Wildman–Crippen MR) is 165 cm³/mol. The summed E-state index contributed by atoms with van der Waals surface area (Å²) in [6.45, 7) is 6.23. The Hall–Kier alpha value is -3.92. The minimum atomic E-state index is -0.364. The molecule has 0 saturated carbocycles. The van der Waals surface area contributed by atoms with E-state index in [0.717, 1.165) is 61.3 Å². The van der Waals surface area contributed by atoms with E-state index in [-0.39, 0.29) is 16.9 Å². The highest BCUT2D eigenvalue weighted by molar-refractivity contribution is 6.01. The lowest BCUT2D eigenvalue weighted by Gasteiger charge is -2.27. The van der Waals surface area contributed by atoms with Crippen molar-refractivity contribution in [1.29, 1.82) is 0 Å². The first kappa shape index (κ1) is 26.9. The molecule has 0 spiro atoms. The van der Waals surface area contributed by atoms with Gasteiger partial charge < -0.3 is 29.6 Å². The van der Waals surface area contributed by atoms with Gasteiger partial charge in [-0.15, -0.1) is 0 Å². The lowest BCUT2D eigenvalue weighted by Crippen LogP contribution is -2.42. The standard InChI is InChI=1S/C33H37N5O4/c1-36-13-4-7-24(36)10-11-34-27-9-8-25-30-32(27)42-29-20-23-6-3-2-5-22(23)19-28(29)38(30)21-26(31(25)39)33(40)35-12-14-37-15-17-41-18-16-37/h2-3,5-6,8-9,19-21,24,34H,4,7,10-18H2,1H3,(H,35,40). The molecule has 3 aromatic carbocycles. The zero-order valence-electron chi connectivity index (χ0n) is 24.0. The lowest BCUT2D eigenvalue weighted by molar-refractivity contribution is 0.0383. The molecule has 42 heavy (non-hydrogen) atoms. The molecule has 218 valence electrons. The number of aromatic nitrogens is 1. The molecule has 0 bridgehead atoms. The number of hydrogen-bond acceptors (Lipinski definition) is 7. The number of ether oxygens (including phenoxy) is 2. The molecule has 1 amide bonds. The van der Waals surface area contributed by atoms with E-state index in [0.29, 0.717) is 48.2 Å². The second kappa shape index (κ2) is 11.4. The smallest absolute Gasteiger partial charge is 0.256 e. The quantitative estimate of drug-likeness (QED) is 0.291. The summed E-state index contributed by atoms with van der Waals surface area (Å²) in [6.07, 6.45) is 5.18. The third-order valence-corrected chi connectivity index (χ3v) is 8.95. The van der Waals surface area contributed by atoms with Crippen LogP contribution in [0.2, 0.25) is 0 Å². The topological polar surface area (TPSA) is 88.1 Å². The summed E-state index contributed by atoms with van der Waals surface area (Å²) < 4.78 is 14.0. The fourth-order valence-corrected chi connectivity index (χ4v) is 6.54. The molecule has 1 unspecified atom stereocenters. The van der Waals surface area contributed by atoms with Gasteiger partial charge in [-0.2, -0.15) is 0 Å². The SMILES string of the molecule is CN1CCCC1CCNc1ccc2c(=O)c(C(=O)NCCN3CCOCC3)cn3c2c1Oc1cc2ccccc2cc1-3. The van der Waals surface area contributed by atoms with Crippen LogP contribution in [0.4, 0.5) is 5.69 Å². The van der Waals surface area contributed by atoms with Crippen molar-refractivity contribution in [2.24, 2.45) is 0 Å². The van der Waals surface area contributed by atoms with Crippen molar-refractivity contribution in [1.82, 2.24) is 19.7 Å². The maximum absolute atomic E-state index is 13.8. The normalized spacial score (nSPS) is 18.6. The van der Waals surface area contributed by atoms with Gasteiger partial charge in [0.25, 0.3) is 5.91 Å². The van der Waals surface area contributed by atoms with E-state index < -0.39 is 0 Å². The minimum absolute atomic E-state index is 0.126. The summed E-state index contributed by atoms with van der Waals surface area (Å²) in [5.41, 5.74) is 2.16. The van der Waals surface area contributed by atoms with Crippen molar-refractivity contribution in [3.8, 4) is 17.2 Å². The molecular weight excluding hydrogens is 530 g/mol. The molecule has 2 saturated heterocycles. The van der Waals surface area contributed by atoms with Gasteiger partial charge in [-0.1, -0.05) is 24.3 Å². The van der Waals surface area contributed by atoms with Gasteiger partial charge in [0, 0.05) is 45.0 Å². The van der Waals surface area contributed by atoms with E-state index in [1.165, 1.54) is 12.8 Å². The van der Waals surface area contributed by atoms with Gasteiger partial charge in [0.1, 0.15) is 11.1 Å². The largest absolute Gasteiger partial charge is 0.451 e. The van der Waals surface area contributed by atoms with E-state index in [1.54, 1.807) is 6.20 Å². The van der Waals surface area contributed by atoms with Crippen LogP contribution in [0.15, 0.2) is 59.5 Å². The van der Waals surface area contributed by atoms with E-state index in [4.69, 9.17) is 9.47 Å². The van der Waals surface area contributed by atoms with Crippen LogP contribution < -0.4 is 20.8 Å². The number of fused-ring (bicyclic) bond motifs is 3. The van der Waals surface area contributed by atoms with Crippen LogP contribution in [0.5, 0.6) is 11.5 Å². The van der Waals surface area contributed by atoms with E-state index in [2.05, 4.69) is 45.7 Å². The molecule has 0 aliphatic carbocycles. The van der Waals surface area contributed by atoms with Crippen LogP contribution in [0.1, 0.15) is 29.6 Å². The Morgan fingerprint density at radius 1 is 1.02 bits per heavy atom. The van der Waals surface area contributed by atoms with Gasteiger partial charge in [-0.05, 0) is 67.9 Å². The highest BCUT2D eigenvalue weighted by atomic mass is 16.5. The van der Waals surface area contributed by atoms with Gasteiger partial charge in [0.2, 0.25) is 5.43 Å². The van der Waals surface area contributed by atoms with Crippen molar-refractivity contribution in [3.05, 3.63) is 70.5 Å². The van der Waals surface area contributed by atoms with Gasteiger partial charge in [-0.3, -0.25) is 14.5 Å². The highest BCUT2D eigenvalue weighted by Gasteiger charge is 2.27. The zero-order valence-corrected chi connectivity index (χ0v) is 24.0. The molecule has 0 radical (unpaired) electrons. The molecule has 1 atom stereocenters. The molecule has 2 N–H and O–H groups in total. The number of pyridine rings is 1. The predicted octanol–water partition coefficient (Wildman–Crippen LogP) is 4.21. The number of morpholine rings is 1. The molecule has 1 aromatic heterocycles. The van der Waals surface area contributed by atoms with Gasteiger partial charge in [-0.25, -0.2) is 0 Å². The number of carbonyl (C=O) groups is 1. The molecule has 4 aromatic rings. The molecular formula is C33H37N5O4. The summed E-state index contributed by atoms with van der Waals surface area (Å²) in [5.74, 6) is 0.943. The van der Waals surface area contributed by atoms with Gasteiger partial charge in [0.15, 0.2) is 11.5 Å². The second-order valence-electron chi connectivity index (χ2n) is 11.6. The average Bonchev–Trinajstić information content (AvgIpc) is 3.42. The Morgan fingerprint density at radius 2 is 1.83 bits per heavy atom. The first-order valence-corrected chi connectivity index (χ1v) is 15.0. The number of carbonyl (C=O) groups excluding carboxylic acids is 1. The summed E-state index contributed by atoms with van der Waals surface area (Å²) in [7, 11) is 2.19. The van der Waals surface area contributed by atoms with Crippen molar-refractivity contribution in [3.63, 3.8) is 0 Å². The van der Waals surface area contributed by atoms with Crippen molar-refractivity contribution >= 4 is 33.3 Å². The van der Waals surface area contributed by atoms with Crippen molar-refractivity contribution in [2.75, 3.05) is 64.8 Å². The van der Waals surface area contributed by atoms with Crippen molar-refractivity contribution < 1.29 is 14.3 Å². The van der Waals surface area contributed by atoms with Crippen LogP contribution in [0.3, 0.4) is 0 Å². The Morgan fingerprint density at radius 3 is 2.62 bits per heavy atom. The zero-order chi connectivity index (χ0) is 28.6. The average molecular weight is 568 g/mol. The Kier molecular flexibility index (Phi) is 7.31. The third-order valence-electron chi connectivity index (χ3n) is 8.95. The first-order chi connectivity index (χ1) is 20.6. The Labute approximate surface area is 245 Å².